The van der Waals surface area contributed by atoms with Crippen molar-refractivity contribution in [1.29, 1.82) is 0 Å². The number of nitrogens with zero attached hydrogens (tertiary/aromatic N) is 2. The minimum absolute atomic E-state index is 0.000108. The molecule has 1 unspecified atom stereocenters. The number of nitrogen functional groups attached to an aromatic ring is 1. The van der Waals surface area contributed by atoms with Crippen LogP contribution in [0.5, 0.6) is 0 Å². The minimum atomic E-state index is -0.390. The Morgan fingerprint density at radius 3 is 2.78 bits per heavy atom. The summed E-state index contributed by atoms with van der Waals surface area (Å²) in [4.78, 5) is 33.0. The molecule has 9 heteroatoms. The third-order valence-corrected chi connectivity index (χ3v) is 7.48. The molecule has 6 nitrogen and oxygen atoms in total. The monoisotopic (exact) mass is 496 g/mol. The number of carbonyl (C=O) groups excluding carboxylic acids is 2. The zero-order chi connectivity index (χ0) is 23.3. The lowest BCUT2D eigenvalue weighted by atomic mass is 9.97. The molecule has 2 amide bonds. The van der Waals surface area contributed by atoms with Crippen LogP contribution in [0.1, 0.15) is 55.7 Å². The summed E-state index contributed by atoms with van der Waals surface area (Å²) in [5.74, 6) is -0.0544. The minimum Gasteiger partial charge on any atom is -0.375 e. The number of thiazole rings is 1. The predicted molar refractivity (Wildman–Crippen MR) is 131 cm³/mol. The molecule has 2 aliphatic rings. The standard InChI is InChI=1S/C21H24Cl2N4O2S.C2H6/c22-14-6-3-12(10-15(14)23)4-8-19(28)27-9-1-2-17(27)20(29)25-13-5-7-16-18(11-13)30-21(24)26-16;1-2/h3,6,10,13,17H,1-2,4-5,7-9,11H2,(H2,24,26)(H,25,29);1-2H3/t13?,17-;/m0./s1. The first kappa shape index (κ1) is 24.8. The summed E-state index contributed by atoms with van der Waals surface area (Å²) in [6.45, 7) is 4.62. The molecule has 32 heavy (non-hydrogen) atoms. The number of fused-ring (bicyclic) bond motifs is 1. The Morgan fingerprint density at radius 1 is 1.25 bits per heavy atom. The summed E-state index contributed by atoms with van der Waals surface area (Å²) in [6.07, 6.45) is 4.89. The van der Waals surface area contributed by atoms with Gasteiger partial charge >= 0.3 is 0 Å². The zero-order valence-corrected chi connectivity index (χ0v) is 20.8. The highest BCUT2D eigenvalue weighted by Crippen LogP contribution is 2.29. The summed E-state index contributed by atoms with van der Waals surface area (Å²) in [7, 11) is 0. The molecule has 4 rings (SSSR count). The number of benzene rings is 1. The number of amides is 2. The molecule has 0 spiro atoms. The van der Waals surface area contributed by atoms with Gasteiger partial charge in [0.15, 0.2) is 5.13 Å². The number of anilines is 1. The van der Waals surface area contributed by atoms with Gasteiger partial charge in [0, 0.05) is 30.3 Å². The lowest BCUT2D eigenvalue weighted by Gasteiger charge is -2.28. The van der Waals surface area contributed by atoms with Crippen LogP contribution in [0.15, 0.2) is 18.2 Å². The van der Waals surface area contributed by atoms with Crippen molar-refractivity contribution in [3.63, 3.8) is 0 Å². The number of hydrogen-bond acceptors (Lipinski definition) is 5. The summed E-state index contributed by atoms with van der Waals surface area (Å²) in [5.41, 5.74) is 7.82. The largest absolute Gasteiger partial charge is 0.375 e. The molecule has 3 N–H and O–H groups in total. The van der Waals surface area contributed by atoms with E-state index in [-0.39, 0.29) is 23.9 Å². The van der Waals surface area contributed by atoms with Crippen LogP contribution >= 0.6 is 34.5 Å². The van der Waals surface area contributed by atoms with Crippen molar-refractivity contribution in [2.24, 2.45) is 0 Å². The molecule has 1 aliphatic carbocycles. The topological polar surface area (TPSA) is 88.3 Å². The van der Waals surface area contributed by atoms with E-state index in [4.69, 9.17) is 28.9 Å². The Kier molecular flexibility index (Phi) is 8.79. The molecular formula is C23H30Cl2N4O2S. The quantitative estimate of drug-likeness (QED) is 0.629. The van der Waals surface area contributed by atoms with Gasteiger partial charge in [-0.05, 0) is 49.8 Å². The van der Waals surface area contributed by atoms with Crippen LogP contribution in [-0.4, -0.2) is 40.3 Å². The number of rotatable bonds is 5. The molecule has 2 aromatic rings. The highest BCUT2D eigenvalue weighted by atomic mass is 35.5. The summed E-state index contributed by atoms with van der Waals surface area (Å²) in [6, 6.07) is 5.08. The number of aryl methyl sites for hydroxylation is 2. The normalized spacial score (nSPS) is 19.7. The first-order chi connectivity index (χ1) is 15.4. The molecule has 1 aromatic carbocycles. The molecule has 174 valence electrons. The maximum Gasteiger partial charge on any atom is 0.243 e. The summed E-state index contributed by atoms with van der Waals surface area (Å²) < 4.78 is 0. The zero-order valence-electron chi connectivity index (χ0n) is 18.5. The third-order valence-electron chi connectivity index (χ3n) is 5.79. The van der Waals surface area contributed by atoms with Crippen molar-refractivity contribution in [3.05, 3.63) is 44.4 Å². The van der Waals surface area contributed by atoms with Crippen LogP contribution in [0.2, 0.25) is 10.0 Å². The Bertz CT molecular complexity index is 965. The maximum atomic E-state index is 12.9. The van der Waals surface area contributed by atoms with Gasteiger partial charge in [-0.15, -0.1) is 11.3 Å². The van der Waals surface area contributed by atoms with Gasteiger partial charge in [-0.2, -0.15) is 0 Å². The van der Waals surface area contributed by atoms with Crippen LogP contribution < -0.4 is 11.1 Å². The van der Waals surface area contributed by atoms with E-state index >= 15 is 0 Å². The first-order valence-electron chi connectivity index (χ1n) is 11.2. The maximum absolute atomic E-state index is 12.9. The van der Waals surface area contributed by atoms with E-state index in [1.54, 1.807) is 17.0 Å². The fourth-order valence-electron chi connectivity index (χ4n) is 4.24. The average molecular weight is 497 g/mol. The molecule has 1 aromatic heterocycles. The average Bonchev–Trinajstić information content (AvgIpc) is 3.41. The molecule has 0 saturated carbocycles. The van der Waals surface area contributed by atoms with Crippen LogP contribution in [-0.2, 0) is 28.9 Å². The summed E-state index contributed by atoms with van der Waals surface area (Å²) in [5, 5.41) is 4.72. The molecule has 2 heterocycles. The van der Waals surface area contributed by atoms with Crippen LogP contribution in [0.3, 0.4) is 0 Å². The van der Waals surface area contributed by atoms with E-state index < -0.39 is 0 Å². The Labute approximate surface area is 203 Å². The van der Waals surface area contributed by atoms with E-state index in [2.05, 4.69) is 10.3 Å². The van der Waals surface area contributed by atoms with Gasteiger partial charge in [0.2, 0.25) is 11.8 Å². The fraction of sp³-hybridized carbons (Fsp3) is 0.522. The number of carbonyl (C=O) groups is 2. The van der Waals surface area contributed by atoms with E-state index in [9.17, 15) is 9.59 Å². The van der Waals surface area contributed by atoms with Gasteiger partial charge < -0.3 is 16.0 Å². The van der Waals surface area contributed by atoms with Gasteiger partial charge in [0.1, 0.15) is 6.04 Å². The number of halogens is 2. The third kappa shape index (κ3) is 5.94. The first-order valence-corrected chi connectivity index (χ1v) is 12.8. The Hall–Kier alpha value is -1.83. The Morgan fingerprint density at radius 2 is 2.03 bits per heavy atom. The van der Waals surface area contributed by atoms with Crippen molar-refractivity contribution in [3.8, 4) is 0 Å². The second-order valence-corrected chi connectivity index (χ2v) is 9.79. The van der Waals surface area contributed by atoms with E-state index in [0.29, 0.717) is 41.0 Å². The van der Waals surface area contributed by atoms with Gasteiger partial charge in [-0.1, -0.05) is 43.1 Å². The second kappa shape index (κ2) is 11.3. The van der Waals surface area contributed by atoms with E-state index in [1.165, 1.54) is 11.3 Å². The highest BCUT2D eigenvalue weighted by Gasteiger charge is 2.35. The fourth-order valence-corrected chi connectivity index (χ4v) is 5.52. The number of nitrogens with two attached hydrogens (primary N) is 1. The van der Waals surface area contributed by atoms with Crippen LogP contribution in [0.25, 0.3) is 0 Å². The van der Waals surface area contributed by atoms with Crippen molar-refractivity contribution < 1.29 is 9.59 Å². The molecule has 0 radical (unpaired) electrons. The highest BCUT2D eigenvalue weighted by molar-refractivity contribution is 7.15. The SMILES string of the molecule is CC.Nc1nc2c(s1)CC(NC(=O)[C@@H]1CCCN1C(=O)CCc1ccc(Cl)c(Cl)c1)CC2. The number of aromatic nitrogens is 1. The Balaban J connectivity index is 0.00000141. The van der Waals surface area contributed by atoms with Crippen LogP contribution in [0.4, 0.5) is 5.13 Å². The number of likely N-dealkylation sites (tertiary alicyclic amines) is 1. The second-order valence-electron chi connectivity index (χ2n) is 7.86. The van der Waals surface area contributed by atoms with Gasteiger partial charge in [0.25, 0.3) is 0 Å². The summed E-state index contributed by atoms with van der Waals surface area (Å²) >= 11 is 13.5. The lowest BCUT2D eigenvalue weighted by molar-refractivity contribution is -0.138. The number of hydrogen-bond donors (Lipinski definition) is 2. The molecule has 1 fully saturated rings. The van der Waals surface area contributed by atoms with Gasteiger partial charge in [-0.3, -0.25) is 9.59 Å². The van der Waals surface area contributed by atoms with Crippen molar-refractivity contribution >= 4 is 51.5 Å². The van der Waals surface area contributed by atoms with Crippen LogP contribution in [0, 0.1) is 0 Å². The number of nitrogens with one attached hydrogen (secondary N) is 1. The van der Waals surface area contributed by atoms with Gasteiger partial charge in [-0.25, -0.2) is 4.98 Å². The predicted octanol–water partition coefficient (Wildman–Crippen LogP) is 4.66. The van der Waals surface area contributed by atoms with Gasteiger partial charge in [0.05, 0.1) is 15.7 Å². The van der Waals surface area contributed by atoms with Crippen molar-refractivity contribution in [2.75, 3.05) is 12.3 Å². The molecular weight excluding hydrogens is 467 g/mol. The molecule has 0 bridgehead atoms. The molecule has 2 atom stereocenters. The smallest absolute Gasteiger partial charge is 0.243 e. The van der Waals surface area contributed by atoms with Crippen molar-refractivity contribution in [2.45, 2.75) is 70.9 Å². The van der Waals surface area contributed by atoms with E-state index in [0.717, 1.165) is 41.8 Å². The lowest BCUT2D eigenvalue weighted by Crippen LogP contribution is -2.50. The molecule has 1 saturated heterocycles. The van der Waals surface area contributed by atoms with E-state index in [1.807, 2.05) is 19.9 Å². The van der Waals surface area contributed by atoms with Crippen molar-refractivity contribution in [1.82, 2.24) is 15.2 Å². The molecule has 1 aliphatic heterocycles.